The molecule has 1 aromatic carbocycles. The maximum atomic E-state index is 10.6. The van der Waals surface area contributed by atoms with Crippen molar-refractivity contribution in [2.75, 3.05) is 12.9 Å². The normalized spacial score (nSPS) is 10.5. The number of carboxylic acids is 1. The molecule has 0 atom stereocenters. The van der Waals surface area contributed by atoms with Gasteiger partial charge in [-0.25, -0.2) is 9.67 Å². The van der Waals surface area contributed by atoms with Gasteiger partial charge in [-0.3, -0.25) is 4.79 Å². The number of thioether (sulfide) groups is 1. The highest BCUT2D eigenvalue weighted by atomic mass is 32.2. The Morgan fingerprint density at radius 2 is 2.25 bits per heavy atom. The SMILES string of the molecule is COc1ccc(O)c(-c2nc(SCC(=O)O)n(C)n2)c1. The maximum absolute atomic E-state index is 10.6. The van der Waals surface area contributed by atoms with Gasteiger partial charge in [0.1, 0.15) is 11.5 Å². The van der Waals surface area contributed by atoms with Gasteiger partial charge in [-0.2, -0.15) is 5.10 Å². The number of carboxylic acid groups (broad SMARTS) is 1. The molecule has 0 aliphatic rings. The number of carbonyl (C=O) groups is 1. The molecule has 1 heterocycles. The summed E-state index contributed by atoms with van der Waals surface area (Å²) in [5.41, 5.74) is 0.433. The second kappa shape index (κ2) is 5.83. The van der Waals surface area contributed by atoms with Crippen LogP contribution in [0.1, 0.15) is 0 Å². The fraction of sp³-hybridized carbons (Fsp3) is 0.250. The van der Waals surface area contributed by atoms with Crippen LogP contribution in [0, 0.1) is 0 Å². The zero-order chi connectivity index (χ0) is 14.7. The summed E-state index contributed by atoms with van der Waals surface area (Å²) in [6.07, 6.45) is 0. The zero-order valence-corrected chi connectivity index (χ0v) is 11.7. The van der Waals surface area contributed by atoms with Crippen LogP contribution < -0.4 is 4.74 Å². The second-order valence-corrected chi connectivity index (χ2v) is 4.85. The van der Waals surface area contributed by atoms with Crippen molar-refractivity contribution in [3.8, 4) is 22.9 Å². The number of hydrogen-bond donors (Lipinski definition) is 2. The van der Waals surface area contributed by atoms with Crippen LogP contribution in [-0.2, 0) is 11.8 Å². The Morgan fingerprint density at radius 1 is 1.50 bits per heavy atom. The van der Waals surface area contributed by atoms with Gasteiger partial charge in [0.2, 0.25) is 0 Å². The minimum Gasteiger partial charge on any atom is -0.507 e. The van der Waals surface area contributed by atoms with Crippen LogP contribution >= 0.6 is 11.8 Å². The number of ether oxygens (including phenoxy) is 1. The topological polar surface area (TPSA) is 97.5 Å². The van der Waals surface area contributed by atoms with Crippen molar-refractivity contribution in [1.82, 2.24) is 14.8 Å². The summed E-state index contributed by atoms with van der Waals surface area (Å²) in [5, 5.41) is 23.2. The smallest absolute Gasteiger partial charge is 0.313 e. The molecule has 2 aromatic rings. The lowest BCUT2D eigenvalue weighted by molar-refractivity contribution is -0.133. The molecule has 20 heavy (non-hydrogen) atoms. The van der Waals surface area contributed by atoms with E-state index in [1.54, 1.807) is 19.2 Å². The molecular weight excluding hydrogens is 282 g/mol. The van der Waals surface area contributed by atoms with Gasteiger partial charge in [-0.1, -0.05) is 11.8 Å². The fourth-order valence-corrected chi connectivity index (χ4v) is 2.19. The third kappa shape index (κ3) is 3.02. The van der Waals surface area contributed by atoms with E-state index in [2.05, 4.69) is 10.1 Å². The molecule has 1 aromatic heterocycles. The summed E-state index contributed by atoms with van der Waals surface area (Å²) < 4.78 is 6.57. The second-order valence-electron chi connectivity index (χ2n) is 3.91. The minimum atomic E-state index is -0.927. The van der Waals surface area contributed by atoms with Crippen molar-refractivity contribution in [2.24, 2.45) is 7.05 Å². The molecule has 0 unspecified atom stereocenters. The van der Waals surface area contributed by atoms with E-state index in [-0.39, 0.29) is 11.5 Å². The molecule has 0 saturated heterocycles. The van der Waals surface area contributed by atoms with Crippen molar-refractivity contribution in [3.63, 3.8) is 0 Å². The number of phenols is 1. The molecule has 2 N–H and O–H groups in total. The summed E-state index contributed by atoms with van der Waals surface area (Å²) in [6, 6.07) is 4.74. The Bertz CT molecular complexity index is 642. The Morgan fingerprint density at radius 3 is 2.90 bits per heavy atom. The van der Waals surface area contributed by atoms with E-state index >= 15 is 0 Å². The number of aromatic hydroxyl groups is 1. The molecule has 0 spiro atoms. The van der Waals surface area contributed by atoms with Crippen molar-refractivity contribution < 1.29 is 19.7 Å². The van der Waals surface area contributed by atoms with E-state index in [0.29, 0.717) is 22.3 Å². The minimum absolute atomic E-state index is 0.0335. The van der Waals surface area contributed by atoms with Gasteiger partial charge < -0.3 is 14.9 Å². The Labute approximate surface area is 119 Å². The zero-order valence-electron chi connectivity index (χ0n) is 10.9. The predicted octanol–water partition coefficient (Wildman–Crippen LogP) is 1.37. The largest absolute Gasteiger partial charge is 0.507 e. The van der Waals surface area contributed by atoms with E-state index in [1.807, 2.05) is 0 Å². The molecular formula is C12H13N3O4S. The third-order valence-electron chi connectivity index (χ3n) is 2.49. The van der Waals surface area contributed by atoms with Crippen LogP contribution in [0.15, 0.2) is 23.4 Å². The maximum Gasteiger partial charge on any atom is 0.313 e. The van der Waals surface area contributed by atoms with Crippen molar-refractivity contribution >= 4 is 17.7 Å². The standard InChI is InChI=1S/C12H13N3O4S/c1-15-12(20-6-10(17)18)13-11(14-15)8-5-7(19-2)3-4-9(8)16/h3-5,16H,6H2,1-2H3,(H,17,18). The molecule has 0 amide bonds. The fourth-order valence-electron chi connectivity index (χ4n) is 1.56. The van der Waals surface area contributed by atoms with Crippen LogP contribution in [0.5, 0.6) is 11.5 Å². The lowest BCUT2D eigenvalue weighted by Crippen LogP contribution is -2.00. The molecule has 0 saturated carbocycles. The summed E-state index contributed by atoms with van der Waals surface area (Å²) in [7, 11) is 3.19. The van der Waals surface area contributed by atoms with Crippen molar-refractivity contribution in [3.05, 3.63) is 18.2 Å². The molecule has 0 aliphatic heterocycles. The van der Waals surface area contributed by atoms with Gasteiger partial charge in [-0.15, -0.1) is 0 Å². The molecule has 2 rings (SSSR count). The highest BCUT2D eigenvalue weighted by Gasteiger charge is 2.15. The Balaban J connectivity index is 2.34. The molecule has 0 fully saturated rings. The van der Waals surface area contributed by atoms with E-state index in [1.165, 1.54) is 17.9 Å². The first-order valence-corrected chi connectivity index (χ1v) is 6.63. The van der Waals surface area contributed by atoms with E-state index in [0.717, 1.165) is 11.8 Å². The number of phenolic OH excluding ortho intramolecular Hbond substituents is 1. The first kappa shape index (κ1) is 14.2. The van der Waals surface area contributed by atoms with Gasteiger partial charge in [0.05, 0.1) is 18.4 Å². The Kier molecular flexibility index (Phi) is 4.14. The van der Waals surface area contributed by atoms with Gasteiger partial charge in [0, 0.05) is 7.05 Å². The summed E-state index contributed by atoms with van der Waals surface area (Å²) in [4.78, 5) is 14.8. The molecule has 106 valence electrons. The number of aromatic nitrogens is 3. The van der Waals surface area contributed by atoms with Crippen LogP contribution in [0.4, 0.5) is 0 Å². The third-order valence-corrected chi connectivity index (χ3v) is 3.50. The first-order valence-electron chi connectivity index (χ1n) is 5.64. The van der Waals surface area contributed by atoms with Gasteiger partial charge in [0.25, 0.3) is 0 Å². The lowest BCUT2D eigenvalue weighted by atomic mass is 10.2. The number of hydrogen-bond acceptors (Lipinski definition) is 6. The van der Waals surface area contributed by atoms with E-state index < -0.39 is 5.97 Å². The monoisotopic (exact) mass is 295 g/mol. The molecule has 0 bridgehead atoms. The predicted molar refractivity (Wildman–Crippen MR) is 73.0 cm³/mol. The quantitative estimate of drug-likeness (QED) is 0.804. The van der Waals surface area contributed by atoms with Crippen LogP contribution in [0.2, 0.25) is 0 Å². The van der Waals surface area contributed by atoms with Crippen molar-refractivity contribution in [1.29, 1.82) is 0 Å². The summed E-state index contributed by atoms with van der Waals surface area (Å²) in [5.74, 6) is -0.104. The summed E-state index contributed by atoms with van der Waals surface area (Å²) in [6.45, 7) is 0. The molecule has 7 nitrogen and oxygen atoms in total. The molecule has 8 heteroatoms. The first-order chi connectivity index (χ1) is 9.51. The highest BCUT2D eigenvalue weighted by molar-refractivity contribution is 7.99. The number of nitrogens with zero attached hydrogens (tertiary/aromatic N) is 3. The van der Waals surface area contributed by atoms with Crippen LogP contribution in [0.25, 0.3) is 11.4 Å². The van der Waals surface area contributed by atoms with Gasteiger partial charge in [-0.05, 0) is 18.2 Å². The average Bonchev–Trinajstić information content (AvgIpc) is 2.78. The molecule has 0 aliphatic carbocycles. The summed E-state index contributed by atoms with van der Waals surface area (Å²) >= 11 is 1.06. The average molecular weight is 295 g/mol. The number of methoxy groups -OCH3 is 1. The number of benzene rings is 1. The van der Waals surface area contributed by atoms with Gasteiger partial charge in [0.15, 0.2) is 11.0 Å². The lowest BCUT2D eigenvalue weighted by Gasteiger charge is -2.03. The number of aliphatic carboxylic acids is 1. The Hall–Kier alpha value is -2.22. The van der Waals surface area contributed by atoms with E-state index in [9.17, 15) is 9.90 Å². The number of rotatable bonds is 5. The van der Waals surface area contributed by atoms with Crippen LogP contribution in [0.3, 0.4) is 0 Å². The number of aryl methyl sites for hydroxylation is 1. The molecule has 0 radical (unpaired) electrons. The van der Waals surface area contributed by atoms with Crippen molar-refractivity contribution in [2.45, 2.75) is 5.16 Å². The van der Waals surface area contributed by atoms with E-state index in [4.69, 9.17) is 9.84 Å². The van der Waals surface area contributed by atoms with Crippen LogP contribution in [-0.4, -0.2) is 43.8 Å². The van der Waals surface area contributed by atoms with Gasteiger partial charge >= 0.3 is 5.97 Å². The highest BCUT2D eigenvalue weighted by Crippen LogP contribution is 2.31.